The summed E-state index contributed by atoms with van der Waals surface area (Å²) in [5, 5.41) is -0.116. The smallest absolute Gasteiger partial charge is 0.342 e. The summed E-state index contributed by atoms with van der Waals surface area (Å²) in [6.45, 7) is 0. The second-order valence-electron chi connectivity index (χ2n) is 0.931. The molecular weight excluding hydrogens is 98.1 g/mol. The van der Waals surface area contributed by atoms with Crippen molar-refractivity contribution >= 4 is 13.7 Å². The second-order valence-corrected chi connectivity index (χ2v) is 2.59. The average molecular weight is 99.1 g/mol. The lowest BCUT2D eigenvalue weighted by Gasteiger charge is -1.16. The Labute approximate surface area is 34.2 Å². The molecule has 0 atom stereocenters. The molecule has 0 amide bonds. The number of aromatic amines is 1. The van der Waals surface area contributed by atoms with E-state index in [2.05, 4.69) is 4.64 Å². The number of carbonyl (C=O) groups excluding carboxylic acids is 1. The lowest BCUT2D eigenvalue weighted by Crippen LogP contribution is -1.78. The zero-order valence-corrected chi connectivity index (χ0v) is 3.82. The zero-order valence-electron chi connectivity index (χ0n) is 2.82. The standard InChI is InChI=1S/C2HNO2Si/c4-1-6-2(5)3-6/h(H,3,5). The summed E-state index contributed by atoms with van der Waals surface area (Å²) in [6.07, 6.45) is 0. The van der Waals surface area contributed by atoms with E-state index in [-0.39, 0.29) is 5.17 Å². The first-order valence-corrected chi connectivity index (χ1v) is 2.91. The van der Waals surface area contributed by atoms with Gasteiger partial charge in [-0.15, -0.1) is 0 Å². The van der Waals surface area contributed by atoms with Gasteiger partial charge in [-0.1, -0.05) is 0 Å². The third-order valence-electron chi connectivity index (χ3n) is 0.505. The summed E-state index contributed by atoms with van der Waals surface area (Å²) in [5.41, 5.74) is 1.58. The molecule has 0 unspecified atom stereocenters. The molecule has 0 radical (unpaired) electrons. The van der Waals surface area contributed by atoms with Crippen molar-refractivity contribution in [1.29, 1.82) is 0 Å². The first-order chi connectivity index (χ1) is 2.84. The largest absolute Gasteiger partial charge is 0.346 e. The Morgan fingerprint density at radius 2 is 2.33 bits per heavy atom. The number of hydrogen-bond acceptors (Lipinski definition) is 2. The van der Waals surface area contributed by atoms with Crippen molar-refractivity contribution in [2.75, 3.05) is 0 Å². The summed E-state index contributed by atoms with van der Waals surface area (Å²) in [4.78, 5) is 19.2. The average Bonchev–Trinajstić information content (AvgIpc) is 2.19. The molecule has 0 fully saturated rings. The molecular formula is C2HNO2Si. The highest BCUT2D eigenvalue weighted by molar-refractivity contribution is 6.55. The minimum atomic E-state index is -1.40. The maximum atomic E-state index is 9.79. The van der Waals surface area contributed by atoms with Crippen LogP contribution in [0.3, 0.4) is 0 Å². The highest BCUT2D eigenvalue weighted by Gasteiger charge is 1.96. The molecule has 0 aliphatic heterocycles. The Morgan fingerprint density at radius 3 is 2.33 bits per heavy atom. The van der Waals surface area contributed by atoms with Crippen molar-refractivity contribution in [3.05, 3.63) is 9.96 Å². The van der Waals surface area contributed by atoms with Gasteiger partial charge in [-0.05, 0) is 0 Å². The second kappa shape index (κ2) is 0.862. The molecule has 4 heteroatoms. The Kier molecular flexibility index (Phi) is 0.497. The van der Waals surface area contributed by atoms with Crippen molar-refractivity contribution in [2.45, 2.75) is 0 Å². The van der Waals surface area contributed by atoms with Gasteiger partial charge in [-0.25, -0.2) is 4.79 Å². The van der Waals surface area contributed by atoms with E-state index in [9.17, 15) is 9.59 Å². The number of aromatic nitrogens is 1. The van der Waals surface area contributed by atoms with Crippen LogP contribution in [0.1, 0.15) is 0 Å². The Morgan fingerprint density at radius 1 is 1.83 bits per heavy atom. The van der Waals surface area contributed by atoms with Crippen LogP contribution in [0.15, 0.2) is 4.79 Å². The Balaban J connectivity index is 3.66. The van der Waals surface area contributed by atoms with Crippen LogP contribution in [-0.2, 0) is 4.79 Å². The van der Waals surface area contributed by atoms with Crippen LogP contribution in [0.2, 0.25) is 0 Å². The molecule has 30 valence electrons. The first-order valence-electron chi connectivity index (χ1n) is 1.41. The summed E-state index contributed by atoms with van der Waals surface area (Å²) in [5.74, 6) is 0. The van der Waals surface area contributed by atoms with Gasteiger partial charge in [0.15, 0.2) is 0 Å². The molecule has 0 aromatic carbocycles. The van der Waals surface area contributed by atoms with Gasteiger partial charge in [-0.2, -0.15) is 0 Å². The van der Waals surface area contributed by atoms with Gasteiger partial charge >= 0.3 is 8.18 Å². The molecule has 1 aromatic heterocycles. The van der Waals surface area contributed by atoms with Gasteiger partial charge in [0, 0.05) is 0 Å². The summed E-state index contributed by atoms with van der Waals surface area (Å²) in [6, 6.07) is 0. The molecule has 6 heavy (non-hydrogen) atoms. The Bertz CT molecular complexity index is 233. The fraction of sp³-hybridized carbons (Fsp3) is 0. The van der Waals surface area contributed by atoms with Crippen LogP contribution in [0, 0.1) is 0 Å². The fourth-order valence-corrected chi connectivity index (χ4v) is 0.650. The third kappa shape index (κ3) is 0.318. The van der Waals surface area contributed by atoms with Gasteiger partial charge in [0.05, 0.1) is 0 Å². The van der Waals surface area contributed by atoms with Crippen LogP contribution in [0.25, 0.3) is 0 Å². The summed E-state index contributed by atoms with van der Waals surface area (Å²) < 4.78 is 2.32. The maximum absolute atomic E-state index is 9.79. The van der Waals surface area contributed by atoms with E-state index >= 15 is 0 Å². The van der Waals surface area contributed by atoms with Crippen LogP contribution in [-0.4, -0.2) is 18.4 Å². The molecule has 0 bridgehead atoms. The molecule has 1 heterocycles. The van der Waals surface area contributed by atoms with Gasteiger partial charge in [0.25, 0.3) is 0 Å². The van der Waals surface area contributed by atoms with E-state index in [0.717, 1.165) is 0 Å². The van der Waals surface area contributed by atoms with E-state index in [1.54, 1.807) is 5.54 Å². The van der Waals surface area contributed by atoms with Crippen molar-refractivity contribution in [1.82, 2.24) is 4.64 Å². The minimum Gasteiger partial charge on any atom is -0.346 e. The molecule has 1 rings (SSSR count). The van der Waals surface area contributed by atoms with Crippen LogP contribution in [0.5, 0.6) is 0 Å². The first kappa shape index (κ1) is 3.46. The highest BCUT2D eigenvalue weighted by Crippen LogP contribution is 1.40. The highest BCUT2D eigenvalue weighted by atomic mass is 28.2. The Hall–Kier alpha value is -0.733. The normalized spacial score (nSPS) is 8.67. The van der Waals surface area contributed by atoms with Crippen LogP contribution in [0.4, 0.5) is 0 Å². The third-order valence-corrected chi connectivity index (χ3v) is 1.52. The molecule has 0 aliphatic carbocycles. The summed E-state index contributed by atoms with van der Waals surface area (Å²) in [7, 11) is -1.40. The number of nitrogens with one attached hydrogen (secondary N) is 1. The van der Waals surface area contributed by atoms with Crippen molar-refractivity contribution in [2.24, 2.45) is 0 Å². The molecule has 0 saturated carbocycles. The van der Waals surface area contributed by atoms with Gasteiger partial charge in [-0.3, -0.25) is 4.79 Å². The molecule has 0 aliphatic rings. The van der Waals surface area contributed by atoms with Crippen molar-refractivity contribution in [3.8, 4) is 0 Å². The zero-order chi connectivity index (χ0) is 4.57. The molecule has 0 saturated heterocycles. The number of H-pyrrole nitrogens is 1. The van der Waals surface area contributed by atoms with E-state index in [1.807, 2.05) is 0 Å². The summed E-state index contributed by atoms with van der Waals surface area (Å²) >= 11 is 0. The number of hydrogen-bond donors (Lipinski definition) is 1. The topological polar surface area (TPSA) is 49.9 Å². The van der Waals surface area contributed by atoms with Crippen molar-refractivity contribution < 1.29 is 4.79 Å². The molecule has 1 aromatic rings. The predicted octanol–water partition coefficient (Wildman–Crippen LogP) is -1.53. The van der Waals surface area contributed by atoms with E-state index < -0.39 is 8.18 Å². The molecule has 3 nitrogen and oxygen atoms in total. The van der Waals surface area contributed by atoms with Crippen LogP contribution >= 0.6 is 0 Å². The SMILES string of the molecule is O=C=[si]1[nH]c1=O. The van der Waals surface area contributed by atoms with Crippen molar-refractivity contribution in [3.63, 3.8) is 0 Å². The van der Waals surface area contributed by atoms with Gasteiger partial charge in [0.2, 0.25) is 5.17 Å². The van der Waals surface area contributed by atoms with Gasteiger partial charge in [0.1, 0.15) is 5.54 Å². The van der Waals surface area contributed by atoms with Crippen LogP contribution < -0.4 is 5.17 Å². The number of rotatable bonds is 0. The lowest BCUT2D eigenvalue weighted by molar-refractivity contribution is 0.571. The quantitative estimate of drug-likeness (QED) is 0.401. The predicted molar refractivity (Wildman–Crippen MR) is 20.9 cm³/mol. The fourth-order valence-electron chi connectivity index (χ4n) is 0.154. The maximum Gasteiger partial charge on any atom is 0.342 e. The van der Waals surface area contributed by atoms with E-state index in [0.29, 0.717) is 0 Å². The minimum absolute atomic E-state index is 0.116. The monoisotopic (exact) mass is 99.0 g/mol. The lowest BCUT2D eigenvalue weighted by atomic mass is 11.6. The van der Waals surface area contributed by atoms with E-state index in [4.69, 9.17) is 0 Å². The van der Waals surface area contributed by atoms with E-state index in [1.165, 1.54) is 0 Å². The van der Waals surface area contributed by atoms with Gasteiger partial charge < -0.3 is 4.64 Å². The molecule has 1 N–H and O–H groups in total. The molecule has 0 spiro atoms.